The highest BCUT2D eigenvalue weighted by atomic mass is 35.5. The van der Waals surface area contributed by atoms with Crippen molar-refractivity contribution < 1.29 is 31.1 Å². The van der Waals surface area contributed by atoms with Crippen molar-refractivity contribution in [3.8, 4) is 0 Å². The topological polar surface area (TPSA) is 17.1 Å². The fourth-order valence-electron chi connectivity index (χ4n) is 2.28. The van der Waals surface area contributed by atoms with Gasteiger partial charge in [0.05, 0.1) is 5.41 Å². The third kappa shape index (κ3) is 3.14. The van der Waals surface area contributed by atoms with Crippen molar-refractivity contribution in [1.82, 2.24) is 0 Å². The molecule has 8 heteroatoms. The maximum absolute atomic E-state index is 13.0. The number of carbonyl (C=O) groups excluding carboxylic acids is 1. The molecule has 1 aliphatic carbocycles. The number of hydrogen-bond acceptors (Lipinski definition) is 1. The Kier molecular flexibility index (Phi) is 4.73. The van der Waals surface area contributed by atoms with Gasteiger partial charge in [0.25, 0.3) is 0 Å². The quantitative estimate of drug-likeness (QED) is 0.514. The van der Waals surface area contributed by atoms with Crippen molar-refractivity contribution in [2.24, 2.45) is 11.3 Å². The number of Topliss-reactive ketones (excluding diaryl/α,β-unsaturated/α-hetero) is 1. The number of carbonyl (C=O) groups is 1. The molecule has 0 saturated heterocycles. The largest absolute Gasteiger partial charge is 0.413 e. The Balaban J connectivity index is 3.60. The van der Waals surface area contributed by atoms with E-state index in [0.29, 0.717) is 6.08 Å². The maximum atomic E-state index is 13.0. The number of allylic oxidation sites excluding steroid dienone is 6. The summed E-state index contributed by atoms with van der Waals surface area (Å²) in [7, 11) is 0. The van der Waals surface area contributed by atoms with Gasteiger partial charge in [-0.2, -0.15) is 26.3 Å². The molecule has 0 saturated carbocycles. The summed E-state index contributed by atoms with van der Waals surface area (Å²) in [6, 6.07) is 0. The van der Waals surface area contributed by atoms with Crippen LogP contribution in [0, 0.1) is 11.3 Å². The minimum Gasteiger partial charge on any atom is -0.299 e. The number of hydrogen-bond donors (Lipinski definition) is 0. The summed E-state index contributed by atoms with van der Waals surface area (Å²) in [5, 5.41) is -0.220. The predicted molar refractivity (Wildman–Crippen MR) is 70.1 cm³/mol. The first kappa shape index (κ1) is 18.5. The molecule has 2 atom stereocenters. The van der Waals surface area contributed by atoms with E-state index in [4.69, 9.17) is 11.6 Å². The summed E-state index contributed by atoms with van der Waals surface area (Å²) in [4.78, 5) is 11.9. The Hall–Kier alpha value is -1.50. The molecule has 0 aliphatic heterocycles. The first-order valence-corrected chi connectivity index (χ1v) is 6.22. The third-order valence-corrected chi connectivity index (χ3v) is 3.74. The normalized spacial score (nSPS) is 25.6. The lowest BCUT2D eigenvalue weighted by atomic mass is 9.63. The summed E-state index contributed by atoms with van der Waals surface area (Å²) in [6.45, 7) is 6.38. The van der Waals surface area contributed by atoms with E-state index in [9.17, 15) is 31.1 Å². The van der Waals surface area contributed by atoms with E-state index in [0.717, 1.165) is 19.1 Å². The van der Waals surface area contributed by atoms with Crippen LogP contribution < -0.4 is 0 Å². The molecule has 1 rings (SSSR count). The fourth-order valence-corrected chi connectivity index (χ4v) is 2.47. The highest BCUT2D eigenvalue weighted by Crippen LogP contribution is 2.53. The van der Waals surface area contributed by atoms with Crippen LogP contribution >= 0.6 is 11.6 Å². The van der Waals surface area contributed by atoms with Crippen molar-refractivity contribution in [1.29, 1.82) is 0 Å². The summed E-state index contributed by atoms with van der Waals surface area (Å²) >= 11 is 5.60. The fraction of sp³-hybridized carbons (Fsp3) is 0.357. The highest BCUT2D eigenvalue weighted by Gasteiger charge is 2.56. The number of alkyl halides is 6. The van der Waals surface area contributed by atoms with E-state index in [2.05, 4.69) is 13.2 Å². The smallest absolute Gasteiger partial charge is 0.299 e. The molecule has 1 aliphatic rings. The van der Waals surface area contributed by atoms with Gasteiger partial charge in [-0.3, -0.25) is 4.79 Å². The molecule has 0 heterocycles. The monoisotopic (exact) mass is 344 g/mol. The van der Waals surface area contributed by atoms with E-state index in [1.54, 1.807) is 0 Å². The lowest BCUT2D eigenvalue weighted by molar-refractivity contribution is -0.137. The molecule has 0 N–H and O–H groups in total. The molecule has 0 aromatic rings. The molecule has 0 aromatic carbocycles. The zero-order valence-corrected chi connectivity index (χ0v) is 12.0. The summed E-state index contributed by atoms with van der Waals surface area (Å²) < 4.78 is 77.8. The van der Waals surface area contributed by atoms with Crippen LogP contribution in [0.4, 0.5) is 26.3 Å². The maximum Gasteiger partial charge on any atom is 0.413 e. The van der Waals surface area contributed by atoms with Crippen molar-refractivity contribution in [3.05, 3.63) is 47.6 Å². The van der Waals surface area contributed by atoms with E-state index >= 15 is 0 Å². The summed E-state index contributed by atoms with van der Waals surface area (Å²) in [6.07, 6.45) is -7.67. The van der Waals surface area contributed by atoms with E-state index in [1.807, 2.05) is 0 Å². The average molecular weight is 345 g/mol. The van der Waals surface area contributed by atoms with Gasteiger partial charge in [0.15, 0.2) is 0 Å². The molecule has 2 unspecified atom stereocenters. The van der Waals surface area contributed by atoms with Gasteiger partial charge in [-0.05, 0) is 13.0 Å². The minimum atomic E-state index is -5.06. The predicted octanol–water partition coefficient (Wildman–Crippen LogP) is 5.11. The molecule has 1 nitrogen and oxygen atoms in total. The Morgan fingerprint density at radius 1 is 1.18 bits per heavy atom. The Morgan fingerprint density at radius 2 is 1.68 bits per heavy atom. The van der Waals surface area contributed by atoms with Crippen LogP contribution in [0.1, 0.15) is 6.92 Å². The molecule has 122 valence electrons. The molecule has 22 heavy (non-hydrogen) atoms. The van der Waals surface area contributed by atoms with E-state index in [1.165, 1.54) is 0 Å². The van der Waals surface area contributed by atoms with E-state index in [-0.39, 0.29) is 5.03 Å². The Bertz CT molecular complexity index is 581. The Labute approximate surface area is 127 Å². The van der Waals surface area contributed by atoms with Gasteiger partial charge in [-0.25, -0.2) is 0 Å². The van der Waals surface area contributed by atoms with Crippen LogP contribution in [0.25, 0.3) is 0 Å². The van der Waals surface area contributed by atoms with Crippen LogP contribution in [0.15, 0.2) is 47.6 Å². The van der Waals surface area contributed by atoms with Crippen LogP contribution in [0.2, 0.25) is 0 Å². The zero-order chi connectivity index (χ0) is 17.5. The zero-order valence-electron chi connectivity index (χ0n) is 11.3. The van der Waals surface area contributed by atoms with Crippen LogP contribution in [0.5, 0.6) is 0 Å². The summed E-state index contributed by atoms with van der Waals surface area (Å²) in [5.74, 6) is -3.15. The van der Waals surface area contributed by atoms with Gasteiger partial charge in [0.1, 0.15) is 5.78 Å². The number of halogens is 7. The van der Waals surface area contributed by atoms with Gasteiger partial charge in [-0.1, -0.05) is 36.9 Å². The second-order valence-corrected chi connectivity index (χ2v) is 5.22. The summed E-state index contributed by atoms with van der Waals surface area (Å²) in [5.41, 5.74) is -5.72. The molecule has 0 radical (unpaired) electrons. The minimum absolute atomic E-state index is 0.220. The first-order chi connectivity index (χ1) is 9.74. The third-order valence-electron chi connectivity index (χ3n) is 3.49. The second-order valence-electron chi connectivity index (χ2n) is 4.79. The van der Waals surface area contributed by atoms with Gasteiger partial charge >= 0.3 is 12.4 Å². The molecule has 0 amide bonds. The van der Waals surface area contributed by atoms with Crippen molar-refractivity contribution >= 4 is 17.4 Å². The lowest BCUT2D eigenvalue weighted by Gasteiger charge is -2.40. The van der Waals surface area contributed by atoms with Crippen LogP contribution in [-0.4, -0.2) is 18.1 Å². The molecular formula is C14H11ClF6O. The van der Waals surface area contributed by atoms with Crippen molar-refractivity contribution in [3.63, 3.8) is 0 Å². The van der Waals surface area contributed by atoms with Gasteiger partial charge in [0.2, 0.25) is 0 Å². The van der Waals surface area contributed by atoms with Gasteiger partial charge in [-0.15, -0.1) is 0 Å². The number of rotatable bonds is 3. The molecular weight excluding hydrogens is 334 g/mol. The van der Waals surface area contributed by atoms with Crippen LogP contribution in [0.3, 0.4) is 0 Å². The highest BCUT2D eigenvalue weighted by molar-refractivity contribution is 6.31. The molecule has 0 fully saturated rings. The van der Waals surface area contributed by atoms with Gasteiger partial charge in [0, 0.05) is 22.1 Å². The van der Waals surface area contributed by atoms with Crippen molar-refractivity contribution in [2.45, 2.75) is 19.3 Å². The van der Waals surface area contributed by atoms with Crippen LogP contribution in [-0.2, 0) is 4.79 Å². The lowest BCUT2D eigenvalue weighted by Crippen LogP contribution is -2.45. The van der Waals surface area contributed by atoms with Crippen molar-refractivity contribution in [2.75, 3.05) is 0 Å². The molecule has 0 spiro atoms. The standard InChI is InChI=1S/C14H11ClF6O/c1-7(13(16,17)18)11-6-10(15)4-5-12(11,9(3)22)8(2)14(19,20)21/h4-6,11H,1-2H2,3H3. The molecule has 0 bridgehead atoms. The van der Waals surface area contributed by atoms with E-state index < -0.39 is 40.6 Å². The first-order valence-electron chi connectivity index (χ1n) is 5.84. The second kappa shape index (κ2) is 5.61. The SMILES string of the molecule is C=C(C1C=C(Cl)C=CC1(C(=C)C(F)(F)F)C(C)=O)C(F)(F)F. The molecule has 0 aromatic heterocycles. The Morgan fingerprint density at radius 3 is 2.05 bits per heavy atom. The number of ketones is 1. The van der Waals surface area contributed by atoms with Gasteiger partial charge < -0.3 is 0 Å². The average Bonchev–Trinajstić information content (AvgIpc) is 2.34.